The number of sulfonamides is 1. The third kappa shape index (κ3) is 3.90. The Morgan fingerprint density at radius 3 is 2.28 bits per heavy atom. The first-order valence-corrected chi connectivity index (χ1v) is 10.5. The second kappa shape index (κ2) is 7.96. The van der Waals surface area contributed by atoms with Gasteiger partial charge in [-0.1, -0.05) is 12.2 Å². The number of likely N-dealkylation sites (tertiary alicyclic amines) is 1. The first-order valence-electron chi connectivity index (χ1n) is 9.07. The molecule has 0 radical (unpaired) electrons. The highest BCUT2D eigenvalue weighted by atomic mass is 32.2. The summed E-state index contributed by atoms with van der Waals surface area (Å²) in [6.07, 6.45) is 4.73. The Balaban J connectivity index is 1.78. The molecule has 0 aromatic heterocycles. The maximum Gasteiger partial charge on any atom is 0.244 e. The van der Waals surface area contributed by atoms with Crippen molar-refractivity contribution in [2.75, 3.05) is 33.1 Å². The first-order chi connectivity index (χ1) is 13.7. The van der Waals surface area contributed by atoms with Crippen LogP contribution in [0.2, 0.25) is 0 Å². The number of methoxy groups -OCH3 is 1. The van der Waals surface area contributed by atoms with E-state index < -0.39 is 34.3 Å². The SMILES string of the molecule is COc1ccc(S(=O)(=O)N(C)C)cc1NC(=O)CN1C(=O)[C@@H]2CC=CC[C@H]2C1=O. The number of allylic oxidation sites excluding steroid dienone is 2. The highest BCUT2D eigenvalue weighted by molar-refractivity contribution is 7.89. The molecule has 0 saturated carbocycles. The first kappa shape index (κ1) is 21.0. The molecule has 0 bridgehead atoms. The van der Waals surface area contributed by atoms with E-state index in [1.807, 2.05) is 12.2 Å². The van der Waals surface area contributed by atoms with Crippen LogP contribution in [0.15, 0.2) is 35.2 Å². The highest BCUT2D eigenvalue weighted by Gasteiger charge is 2.47. The van der Waals surface area contributed by atoms with Crippen LogP contribution in [-0.4, -0.2) is 63.1 Å². The van der Waals surface area contributed by atoms with Crippen molar-refractivity contribution in [2.24, 2.45) is 11.8 Å². The van der Waals surface area contributed by atoms with Gasteiger partial charge < -0.3 is 10.1 Å². The van der Waals surface area contributed by atoms with E-state index in [0.717, 1.165) is 9.21 Å². The van der Waals surface area contributed by atoms with Gasteiger partial charge in [-0.05, 0) is 31.0 Å². The average Bonchev–Trinajstić information content (AvgIpc) is 2.93. The normalized spacial score (nSPS) is 21.4. The van der Waals surface area contributed by atoms with Gasteiger partial charge in [0, 0.05) is 14.1 Å². The molecule has 1 aliphatic heterocycles. The molecule has 1 aromatic carbocycles. The van der Waals surface area contributed by atoms with E-state index in [1.54, 1.807) is 0 Å². The van der Waals surface area contributed by atoms with Crippen molar-refractivity contribution >= 4 is 33.4 Å². The molecule has 1 aliphatic carbocycles. The predicted molar refractivity (Wildman–Crippen MR) is 105 cm³/mol. The van der Waals surface area contributed by atoms with Crippen molar-refractivity contribution in [2.45, 2.75) is 17.7 Å². The second-order valence-electron chi connectivity index (χ2n) is 7.12. The summed E-state index contributed by atoms with van der Waals surface area (Å²) < 4.78 is 30.9. The summed E-state index contributed by atoms with van der Waals surface area (Å²) in [6, 6.07) is 4.08. The molecule has 0 unspecified atom stereocenters. The van der Waals surface area contributed by atoms with Gasteiger partial charge >= 0.3 is 0 Å². The van der Waals surface area contributed by atoms with E-state index in [4.69, 9.17) is 4.74 Å². The lowest BCUT2D eigenvalue weighted by Crippen LogP contribution is -2.38. The number of amides is 3. The molecule has 1 aromatic rings. The molecule has 3 amide bonds. The van der Waals surface area contributed by atoms with Crippen LogP contribution in [0.5, 0.6) is 5.75 Å². The highest BCUT2D eigenvalue weighted by Crippen LogP contribution is 2.35. The van der Waals surface area contributed by atoms with Crippen LogP contribution in [0.4, 0.5) is 5.69 Å². The van der Waals surface area contributed by atoms with Gasteiger partial charge in [0.1, 0.15) is 12.3 Å². The Morgan fingerprint density at radius 1 is 1.17 bits per heavy atom. The van der Waals surface area contributed by atoms with E-state index in [0.29, 0.717) is 12.8 Å². The van der Waals surface area contributed by atoms with Gasteiger partial charge in [-0.15, -0.1) is 0 Å². The minimum atomic E-state index is -3.71. The summed E-state index contributed by atoms with van der Waals surface area (Å²) in [5.41, 5.74) is 0.138. The van der Waals surface area contributed by atoms with Gasteiger partial charge in [-0.3, -0.25) is 19.3 Å². The number of imide groups is 1. The molecule has 1 saturated heterocycles. The van der Waals surface area contributed by atoms with Gasteiger partial charge in [0.2, 0.25) is 27.7 Å². The number of anilines is 1. The number of ether oxygens (including phenoxy) is 1. The molecule has 0 spiro atoms. The summed E-state index contributed by atoms with van der Waals surface area (Å²) in [5.74, 6) is -1.89. The molecule has 1 heterocycles. The topological polar surface area (TPSA) is 113 Å². The van der Waals surface area contributed by atoms with E-state index in [1.165, 1.54) is 39.4 Å². The fraction of sp³-hybridized carbons (Fsp3) is 0.421. The van der Waals surface area contributed by atoms with Crippen LogP contribution >= 0.6 is 0 Å². The molecule has 2 aliphatic rings. The molecular weight excluding hydrogens is 398 g/mol. The molecule has 9 nitrogen and oxygen atoms in total. The van der Waals surface area contributed by atoms with Crippen LogP contribution in [0, 0.1) is 11.8 Å². The lowest BCUT2D eigenvalue weighted by atomic mass is 9.85. The summed E-state index contributed by atoms with van der Waals surface area (Å²) in [7, 11) is 0.471. The molecular formula is C19H23N3O6S. The van der Waals surface area contributed by atoms with Crippen LogP contribution < -0.4 is 10.1 Å². The third-order valence-electron chi connectivity index (χ3n) is 5.12. The zero-order valence-corrected chi connectivity index (χ0v) is 17.2. The van der Waals surface area contributed by atoms with Crippen molar-refractivity contribution in [3.05, 3.63) is 30.4 Å². The number of hydrogen-bond donors (Lipinski definition) is 1. The van der Waals surface area contributed by atoms with Crippen LogP contribution in [0.1, 0.15) is 12.8 Å². The van der Waals surface area contributed by atoms with E-state index in [-0.39, 0.29) is 28.1 Å². The second-order valence-corrected chi connectivity index (χ2v) is 9.27. The molecule has 29 heavy (non-hydrogen) atoms. The Morgan fingerprint density at radius 2 is 1.76 bits per heavy atom. The van der Waals surface area contributed by atoms with Gasteiger partial charge in [0.15, 0.2) is 0 Å². The van der Waals surface area contributed by atoms with Crippen molar-refractivity contribution in [3.63, 3.8) is 0 Å². The molecule has 3 rings (SSSR count). The van der Waals surface area contributed by atoms with Crippen LogP contribution in [-0.2, 0) is 24.4 Å². The number of benzene rings is 1. The van der Waals surface area contributed by atoms with Crippen LogP contribution in [0.3, 0.4) is 0 Å². The summed E-state index contributed by atoms with van der Waals surface area (Å²) in [5, 5.41) is 2.55. The predicted octanol–water partition coefficient (Wildman–Crippen LogP) is 0.835. The fourth-order valence-electron chi connectivity index (χ4n) is 3.51. The quantitative estimate of drug-likeness (QED) is 0.538. The number of carbonyl (C=O) groups is 3. The van der Waals surface area contributed by atoms with Gasteiger partial charge in [-0.2, -0.15) is 0 Å². The van der Waals surface area contributed by atoms with Crippen LogP contribution in [0.25, 0.3) is 0 Å². The van der Waals surface area contributed by atoms with Crippen molar-refractivity contribution in [3.8, 4) is 5.75 Å². The number of nitrogens with one attached hydrogen (secondary N) is 1. The Bertz CT molecular complexity index is 960. The van der Waals surface area contributed by atoms with Gasteiger partial charge in [-0.25, -0.2) is 12.7 Å². The van der Waals surface area contributed by atoms with Crippen molar-refractivity contribution < 1.29 is 27.5 Å². The van der Waals surface area contributed by atoms with Crippen molar-refractivity contribution in [1.29, 1.82) is 0 Å². The summed E-state index contributed by atoms with van der Waals surface area (Å²) >= 11 is 0. The number of fused-ring (bicyclic) bond motifs is 1. The van der Waals surface area contributed by atoms with Crippen molar-refractivity contribution in [1.82, 2.24) is 9.21 Å². The maximum atomic E-state index is 12.5. The standard InChI is InChI=1S/C19H23N3O6S/c1-21(2)29(26,27)12-8-9-16(28-3)15(10-12)20-17(23)11-22-18(24)13-6-4-5-7-14(13)19(22)25/h4-5,8-10,13-14H,6-7,11H2,1-3H3,(H,20,23)/t13-,14-/m1/s1. The molecule has 2 atom stereocenters. The molecule has 1 N–H and O–H groups in total. The van der Waals surface area contributed by atoms with E-state index in [2.05, 4.69) is 5.32 Å². The Hall–Kier alpha value is -2.72. The molecule has 156 valence electrons. The summed E-state index contributed by atoms with van der Waals surface area (Å²) in [4.78, 5) is 38.5. The van der Waals surface area contributed by atoms with E-state index in [9.17, 15) is 22.8 Å². The Labute approximate surface area is 169 Å². The molecule has 10 heteroatoms. The number of rotatable bonds is 6. The summed E-state index contributed by atoms with van der Waals surface area (Å²) in [6.45, 7) is -0.432. The average molecular weight is 421 g/mol. The minimum Gasteiger partial charge on any atom is -0.495 e. The molecule has 1 fully saturated rings. The van der Waals surface area contributed by atoms with E-state index >= 15 is 0 Å². The monoisotopic (exact) mass is 421 g/mol. The largest absolute Gasteiger partial charge is 0.495 e. The fourth-order valence-corrected chi connectivity index (χ4v) is 4.44. The van der Waals surface area contributed by atoms with Gasteiger partial charge in [0.05, 0.1) is 29.5 Å². The number of carbonyl (C=O) groups excluding carboxylic acids is 3. The third-order valence-corrected chi connectivity index (χ3v) is 6.94. The maximum absolute atomic E-state index is 12.5. The van der Waals surface area contributed by atoms with Gasteiger partial charge in [0.25, 0.3) is 0 Å². The minimum absolute atomic E-state index is 0.0241. The zero-order chi connectivity index (χ0) is 21.3. The smallest absolute Gasteiger partial charge is 0.244 e. The zero-order valence-electron chi connectivity index (χ0n) is 16.4. The number of hydrogen-bond acceptors (Lipinski definition) is 6. The Kier molecular flexibility index (Phi) is 5.76. The number of nitrogens with zero attached hydrogens (tertiary/aromatic N) is 2. The lowest BCUT2D eigenvalue weighted by Gasteiger charge is -2.17. The lowest BCUT2D eigenvalue weighted by molar-refractivity contribution is -0.142.